The number of hydrogen-bond acceptors (Lipinski definition) is 4. The third kappa shape index (κ3) is 4.99. The summed E-state index contributed by atoms with van der Waals surface area (Å²) in [5.74, 6) is 0. The predicted octanol–water partition coefficient (Wildman–Crippen LogP) is 1.67. The van der Waals surface area contributed by atoms with E-state index >= 15 is 0 Å². The summed E-state index contributed by atoms with van der Waals surface area (Å²) < 4.78 is 35.7. The molecule has 0 radical (unpaired) electrons. The average molecular weight is 264 g/mol. The summed E-state index contributed by atoms with van der Waals surface area (Å²) in [5, 5.41) is 21.1. The van der Waals surface area contributed by atoms with Gasteiger partial charge < -0.3 is 10.2 Å². The minimum atomic E-state index is -4.25. The molecule has 1 aromatic heterocycles. The van der Waals surface area contributed by atoms with E-state index in [0.717, 1.165) is 0 Å². The van der Waals surface area contributed by atoms with Crippen LogP contribution < -0.4 is 5.32 Å². The molecule has 3 N–H and O–H groups in total. The summed E-state index contributed by atoms with van der Waals surface area (Å²) in [6.07, 6.45) is -5.88. The number of nitrogens with zero attached hydrogens (tertiary/aromatic N) is 1. The maximum Gasteiger partial charge on any atom is 0.390 e. The van der Waals surface area contributed by atoms with E-state index in [4.69, 9.17) is 0 Å². The minimum absolute atomic E-state index is 0.349. The Kier molecular flexibility index (Phi) is 5.06. The number of hydrogen-bond donors (Lipinski definition) is 3. The Bertz CT molecular complexity index is 366. The molecular weight excluding hydrogens is 249 g/mol. The minimum Gasteiger partial charge on any atom is -0.387 e. The van der Waals surface area contributed by atoms with Gasteiger partial charge in [-0.3, -0.25) is 10.3 Å². The molecule has 0 bridgehead atoms. The van der Waals surface area contributed by atoms with Gasteiger partial charge in [0.05, 0.1) is 18.2 Å². The fourth-order valence-corrected chi connectivity index (χ4v) is 1.29. The lowest BCUT2D eigenvalue weighted by molar-refractivity contribution is -0.134. The first-order valence-electron chi connectivity index (χ1n) is 5.41. The van der Waals surface area contributed by atoms with Crippen molar-refractivity contribution < 1.29 is 23.4 Å². The van der Waals surface area contributed by atoms with Crippen LogP contribution in [0.15, 0.2) is 18.3 Å². The summed E-state index contributed by atoms with van der Waals surface area (Å²) >= 11 is 0. The fraction of sp³-hybridized carbons (Fsp3) is 0.545. The number of alkyl halides is 3. The van der Waals surface area contributed by atoms with Crippen LogP contribution in [0.25, 0.3) is 0 Å². The van der Waals surface area contributed by atoms with E-state index in [-0.39, 0.29) is 6.54 Å². The van der Waals surface area contributed by atoms with Crippen LogP contribution in [0.1, 0.15) is 36.9 Å². The second kappa shape index (κ2) is 6.12. The number of aromatic nitrogens is 1. The summed E-state index contributed by atoms with van der Waals surface area (Å²) in [6.45, 7) is 1.17. The van der Waals surface area contributed by atoms with E-state index in [0.29, 0.717) is 11.3 Å². The van der Waals surface area contributed by atoms with Gasteiger partial charge in [-0.2, -0.15) is 13.2 Å². The molecule has 4 nitrogen and oxygen atoms in total. The third-order valence-electron chi connectivity index (χ3n) is 2.30. The summed E-state index contributed by atoms with van der Waals surface area (Å²) in [7, 11) is 0. The van der Waals surface area contributed by atoms with Crippen molar-refractivity contribution in [2.24, 2.45) is 0 Å². The van der Waals surface area contributed by atoms with Crippen molar-refractivity contribution in [3.05, 3.63) is 29.6 Å². The first-order valence-corrected chi connectivity index (χ1v) is 5.41. The molecule has 2 unspecified atom stereocenters. The van der Waals surface area contributed by atoms with Crippen LogP contribution in [0.3, 0.4) is 0 Å². The maximum atomic E-state index is 11.9. The number of aliphatic hydroxyl groups excluding tert-OH is 2. The van der Waals surface area contributed by atoms with Gasteiger partial charge in [0.1, 0.15) is 6.23 Å². The lowest BCUT2D eigenvalue weighted by Crippen LogP contribution is -2.26. The molecule has 0 spiro atoms. The molecule has 1 heterocycles. The Morgan fingerprint density at radius 3 is 2.44 bits per heavy atom. The molecule has 0 fully saturated rings. The van der Waals surface area contributed by atoms with Gasteiger partial charge in [-0.05, 0) is 13.0 Å². The van der Waals surface area contributed by atoms with Gasteiger partial charge in [0.15, 0.2) is 0 Å². The Hall–Kier alpha value is -1.18. The fourth-order valence-electron chi connectivity index (χ4n) is 1.29. The standard InChI is InChI=1S/C11H15F3N2O2/c1-7(17)9-3-2-8(6-16-9)10(18)15-5-4-11(12,13)14/h2-3,6-7,10,15,17-18H,4-5H2,1H3. The topological polar surface area (TPSA) is 65.4 Å². The molecule has 0 amide bonds. The van der Waals surface area contributed by atoms with E-state index in [1.54, 1.807) is 6.92 Å². The van der Waals surface area contributed by atoms with Crippen LogP contribution in [0.4, 0.5) is 13.2 Å². The van der Waals surface area contributed by atoms with Gasteiger partial charge >= 0.3 is 6.18 Å². The highest BCUT2D eigenvalue weighted by Crippen LogP contribution is 2.19. The van der Waals surface area contributed by atoms with Crippen LogP contribution in [-0.4, -0.2) is 27.9 Å². The zero-order valence-electron chi connectivity index (χ0n) is 9.78. The van der Waals surface area contributed by atoms with Crippen LogP contribution in [0, 0.1) is 0 Å². The zero-order valence-corrected chi connectivity index (χ0v) is 9.78. The number of rotatable bonds is 5. The Labute approximate surface area is 102 Å². The highest BCUT2D eigenvalue weighted by Gasteiger charge is 2.26. The first kappa shape index (κ1) is 14.9. The van der Waals surface area contributed by atoms with Crippen molar-refractivity contribution in [3.63, 3.8) is 0 Å². The molecule has 0 aliphatic carbocycles. The lowest BCUT2D eigenvalue weighted by Gasteiger charge is -2.14. The molecule has 102 valence electrons. The zero-order chi connectivity index (χ0) is 13.8. The molecule has 0 saturated carbocycles. The maximum absolute atomic E-state index is 11.9. The van der Waals surface area contributed by atoms with Gasteiger partial charge in [0.25, 0.3) is 0 Å². The van der Waals surface area contributed by atoms with Crippen LogP contribution in [0.5, 0.6) is 0 Å². The van der Waals surface area contributed by atoms with Crippen LogP contribution in [-0.2, 0) is 0 Å². The van der Waals surface area contributed by atoms with Crippen LogP contribution >= 0.6 is 0 Å². The van der Waals surface area contributed by atoms with Crippen molar-refractivity contribution in [3.8, 4) is 0 Å². The molecule has 0 saturated heterocycles. The summed E-state index contributed by atoms with van der Waals surface area (Å²) in [4.78, 5) is 3.88. The molecule has 2 atom stereocenters. The van der Waals surface area contributed by atoms with Crippen molar-refractivity contribution >= 4 is 0 Å². The molecule has 1 rings (SSSR count). The van der Waals surface area contributed by atoms with Crippen molar-refractivity contribution in [2.75, 3.05) is 6.54 Å². The second-order valence-electron chi connectivity index (χ2n) is 3.91. The molecule has 18 heavy (non-hydrogen) atoms. The molecule has 1 aromatic rings. The van der Waals surface area contributed by atoms with E-state index < -0.39 is 24.9 Å². The SMILES string of the molecule is CC(O)c1ccc(C(O)NCCC(F)(F)F)cn1. The molecule has 7 heteroatoms. The van der Waals surface area contributed by atoms with Gasteiger partial charge in [-0.25, -0.2) is 0 Å². The number of aliphatic hydroxyl groups is 2. The quantitative estimate of drug-likeness (QED) is 0.708. The van der Waals surface area contributed by atoms with E-state index in [9.17, 15) is 23.4 Å². The highest BCUT2D eigenvalue weighted by atomic mass is 19.4. The van der Waals surface area contributed by atoms with E-state index in [1.165, 1.54) is 18.3 Å². The van der Waals surface area contributed by atoms with Gasteiger partial charge in [0.2, 0.25) is 0 Å². The number of halogens is 3. The summed E-state index contributed by atoms with van der Waals surface area (Å²) in [6, 6.07) is 3.01. The molecule has 0 aliphatic rings. The van der Waals surface area contributed by atoms with Gasteiger partial charge in [-0.15, -0.1) is 0 Å². The van der Waals surface area contributed by atoms with E-state index in [2.05, 4.69) is 10.3 Å². The smallest absolute Gasteiger partial charge is 0.387 e. The highest BCUT2D eigenvalue weighted by molar-refractivity contribution is 5.17. The van der Waals surface area contributed by atoms with Crippen LogP contribution in [0.2, 0.25) is 0 Å². The van der Waals surface area contributed by atoms with Gasteiger partial charge in [-0.1, -0.05) is 6.07 Å². The van der Waals surface area contributed by atoms with E-state index in [1.807, 2.05) is 0 Å². The van der Waals surface area contributed by atoms with Crippen molar-refractivity contribution in [2.45, 2.75) is 31.9 Å². The molecule has 0 aromatic carbocycles. The Morgan fingerprint density at radius 2 is 2.00 bits per heavy atom. The van der Waals surface area contributed by atoms with Crippen molar-refractivity contribution in [1.29, 1.82) is 0 Å². The molecular formula is C11H15F3N2O2. The lowest BCUT2D eigenvalue weighted by atomic mass is 10.2. The first-order chi connectivity index (χ1) is 8.29. The van der Waals surface area contributed by atoms with Crippen molar-refractivity contribution in [1.82, 2.24) is 10.3 Å². The normalized spacial score (nSPS) is 15.4. The monoisotopic (exact) mass is 264 g/mol. The summed E-state index contributed by atoms with van der Waals surface area (Å²) in [5.41, 5.74) is 0.780. The number of nitrogens with one attached hydrogen (secondary N) is 1. The Balaban J connectivity index is 2.49. The molecule has 0 aliphatic heterocycles. The average Bonchev–Trinajstić information content (AvgIpc) is 2.27. The third-order valence-corrected chi connectivity index (χ3v) is 2.30. The van der Waals surface area contributed by atoms with Gasteiger partial charge in [0, 0.05) is 18.3 Å². The second-order valence-corrected chi connectivity index (χ2v) is 3.91. The number of pyridine rings is 1. The predicted molar refractivity (Wildman–Crippen MR) is 58.5 cm³/mol. The Morgan fingerprint density at radius 1 is 1.33 bits per heavy atom. The largest absolute Gasteiger partial charge is 0.390 e.